The monoisotopic (exact) mass is 275 g/mol. The lowest BCUT2D eigenvalue weighted by Gasteiger charge is -2.14. The van der Waals surface area contributed by atoms with Crippen molar-refractivity contribution in [3.63, 3.8) is 0 Å². The van der Waals surface area contributed by atoms with Crippen LogP contribution in [0.25, 0.3) is 0 Å². The fourth-order valence-corrected chi connectivity index (χ4v) is 3.72. The standard InChI is InChI=1S/C11H14ClNO3S/c1-16-9-2-3-10(12)11(6-9)13-8-4-5-17(14,15)7-8/h2-3,6,8,13H,4-5,7H2,1H3. The summed E-state index contributed by atoms with van der Waals surface area (Å²) in [5, 5.41) is 3.71. The molecule has 0 saturated carbocycles. The molecule has 4 nitrogen and oxygen atoms in total. The minimum absolute atomic E-state index is 0.0652. The molecule has 1 fully saturated rings. The van der Waals surface area contributed by atoms with Crippen molar-refractivity contribution >= 4 is 27.1 Å². The number of anilines is 1. The summed E-state index contributed by atoms with van der Waals surface area (Å²) in [6.07, 6.45) is 0.621. The highest BCUT2D eigenvalue weighted by Gasteiger charge is 2.28. The van der Waals surface area contributed by atoms with Gasteiger partial charge in [0.15, 0.2) is 9.84 Å². The normalized spacial score (nSPS) is 22.4. The van der Waals surface area contributed by atoms with Gasteiger partial charge in [-0.15, -0.1) is 0 Å². The zero-order valence-corrected chi connectivity index (χ0v) is 11.0. The SMILES string of the molecule is COc1ccc(Cl)c(NC2CCS(=O)(=O)C2)c1. The van der Waals surface area contributed by atoms with E-state index >= 15 is 0 Å². The highest BCUT2D eigenvalue weighted by atomic mass is 35.5. The van der Waals surface area contributed by atoms with Crippen molar-refractivity contribution < 1.29 is 13.2 Å². The number of sulfone groups is 1. The van der Waals surface area contributed by atoms with E-state index in [1.807, 2.05) is 0 Å². The maximum absolute atomic E-state index is 11.3. The Kier molecular flexibility index (Phi) is 3.49. The number of benzene rings is 1. The fraction of sp³-hybridized carbons (Fsp3) is 0.455. The molecule has 94 valence electrons. The van der Waals surface area contributed by atoms with E-state index in [1.165, 1.54) is 0 Å². The van der Waals surface area contributed by atoms with E-state index in [1.54, 1.807) is 25.3 Å². The second kappa shape index (κ2) is 4.74. The van der Waals surface area contributed by atoms with E-state index in [0.717, 1.165) is 0 Å². The quantitative estimate of drug-likeness (QED) is 0.916. The predicted molar refractivity (Wildman–Crippen MR) is 68.7 cm³/mol. The lowest BCUT2D eigenvalue weighted by molar-refractivity contribution is 0.415. The molecule has 0 spiro atoms. The fourth-order valence-electron chi connectivity index (χ4n) is 1.87. The van der Waals surface area contributed by atoms with Crippen LogP contribution in [0.4, 0.5) is 5.69 Å². The summed E-state index contributed by atoms with van der Waals surface area (Å²) in [4.78, 5) is 0. The van der Waals surface area contributed by atoms with Gasteiger partial charge in [0, 0.05) is 12.1 Å². The number of ether oxygens (including phenoxy) is 1. The van der Waals surface area contributed by atoms with E-state index in [2.05, 4.69) is 5.32 Å². The Morgan fingerprint density at radius 3 is 2.82 bits per heavy atom. The summed E-state index contributed by atoms with van der Waals surface area (Å²) in [7, 11) is -1.30. The number of hydrogen-bond acceptors (Lipinski definition) is 4. The molecule has 1 aromatic rings. The molecule has 2 rings (SSSR count). The van der Waals surface area contributed by atoms with Crippen LogP contribution in [0.5, 0.6) is 5.75 Å². The van der Waals surface area contributed by atoms with Gasteiger partial charge in [0.25, 0.3) is 0 Å². The maximum Gasteiger partial charge on any atom is 0.152 e. The molecule has 1 unspecified atom stereocenters. The Morgan fingerprint density at radius 1 is 1.47 bits per heavy atom. The molecule has 1 atom stereocenters. The Bertz CT molecular complexity index is 515. The minimum Gasteiger partial charge on any atom is -0.497 e. The van der Waals surface area contributed by atoms with Gasteiger partial charge in [-0.25, -0.2) is 8.42 Å². The molecule has 1 saturated heterocycles. The molecule has 1 aliphatic rings. The van der Waals surface area contributed by atoms with Crippen LogP contribution in [0.15, 0.2) is 18.2 Å². The van der Waals surface area contributed by atoms with Gasteiger partial charge in [0.1, 0.15) is 5.75 Å². The molecular weight excluding hydrogens is 262 g/mol. The van der Waals surface area contributed by atoms with E-state index in [9.17, 15) is 8.42 Å². The first-order chi connectivity index (χ1) is 8.00. The largest absolute Gasteiger partial charge is 0.497 e. The summed E-state index contributed by atoms with van der Waals surface area (Å²) in [5.74, 6) is 1.10. The first-order valence-electron chi connectivity index (χ1n) is 5.31. The Labute approximate surface area is 106 Å². The van der Waals surface area contributed by atoms with Crippen molar-refractivity contribution in [2.45, 2.75) is 12.5 Å². The van der Waals surface area contributed by atoms with Crippen molar-refractivity contribution in [2.75, 3.05) is 23.9 Å². The molecule has 0 amide bonds. The third-order valence-corrected chi connectivity index (χ3v) is 4.86. The molecule has 6 heteroatoms. The molecule has 0 aliphatic carbocycles. The second-order valence-electron chi connectivity index (χ2n) is 4.09. The van der Waals surface area contributed by atoms with Crippen molar-refractivity contribution in [2.24, 2.45) is 0 Å². The number of nitrogens with one attached hydrogen (secondary N) is 1. The van der Waals surface area contributed by atoms with Crippen molar-refractivity contribution in [3.8, 4) is 5.75 Å². The Balaban J connectivity index is 2.13. The molecule has 17 heavy (non-hydrogen) atoms. The third kappa shape index (κ3) is 3.04. The first kappa shape index (κ1) is 12.5. The van der Waals surface area contributed by atoms with Crippen molar-refractivity contribution in [1.82, 2.24) is 0 Å². The van der Waals surface area contributed by atoms with Gasteiger partial charge < -0.3 is 10.1 Å². The number of methoxy groups -OCH3 is 1. The van der Waals surface area contributed by atoms with Gasteiger partial charge in [-0.1, -0.05) is 11.6 Å². The molecule has 0 radical (unpaired) electrons. The zero-order valence-electron chi connectivity index (χ0n) is 9.44. The van der Waals surface area contributed by atoms with Crippen molar-refractivity contribution in [1.29, 1.82) is 0 Å². The van der Waals surface area contributed by atoms with Gasteiger partial charge in [-0.05, 0) is 18.6 Å². The van der Waals surface area contributed by atoms with Gasteiger partial charge in [0.2, 0.25) is 0 Å². The van der Waals surface area contributed by atoms with Crippen molar-refractivity contribution in [3.05, 3.63) is 23.2 Å². The molecule has 1 heterocycles. The summed E-state index contributed by atoms with van der Waals surface area (Å²) in [5.41, 5.74) is 0.716. The average Bonchev–Trinajstić information content (AvgIpc) is 2.61. The van der Waals surface area contributed by atoms with Gasteiger partial charge in [0.05, 0.1) is 29.3 Å². The smallest absolute Gasteiger partial charge is 0.152 e. The Morgan fingerprint density at radius 2 is 2.24 bits per heavy atom. The number of halogens is 1. The molecule has 1 aromatic carbocycles. The highest BCUT2D eigenvalue weighted by Crippen LogP contribution is 2.28. The third-order valence-electron chi connectivity index (χ3n) is 2.77. The summed E-state index contributed by atoms with van der Waals surface area (Å²) in [6.45, 7) is 0. The van der Waals surface area contributed by atoms with Crippen LogP contribution in [0.1, 0.15) is 6.42 Å². The summed E-state index contributed by atoms with van der Waals surface area (Å²) < 4.78 is 27.8. The van der Waals surface area contributed by atoms with E-state index in [-0.39, 0.29) is 17.5 Å². The molecule has 1 aliphatic heterocycles. The van der Waals surface area contributed by atoms with Crippen LogP contribution >= 0.6 is 11.6 Å². The first-order valence-corrected chi connectivity index (χ1v) is 7.50. The maximum atomic E-state index is 11.3. The van der Waals surface area contributed by atoms with Crippen LogP contribution in [-0.4, -0.2) is 33.1 Å². The highest BCUT2D eigenvalue weighted by molar-refractivity contribution is 7.91. The lowest BCUT2D eigenvalue weighted by atomic mass is 10.2. The van der Waals surface area contributed by atoms with Crippen LogP contribution in [0.3, 0.4) is 0 Å². The van der Waals surface area contributed by atoms with Gasteiger partial charge in [-0.3, -0.25) is 0 Å². The molecule has 0 bridgehead atoms. The van der Waals surface area contributed by atoms with Crippen LogP contribution in [0, 0.1) is 0 Å². The zero-order chi connectivity index (χ0) is 12.5. The lowest BCUT2D eigenvalue weighted by Crippen LogP contribution is -2.20. The Hall–Kier alpha value is -0.940. The molecular formula is C11H14ClNO3S. The average molecular weight is 276 g/mol. The van der Waals surface area contributed by atoms with Gasteiger partial charge in [-0.2, -0.15) is 0 Å². The topological polar surface area (TPSA) is 55.4 Å². The summed E-state index contributed by atoms with van der Waals surface area (Å²) in [6, 6.07) is 5.20. The van der Waals surface area contributed by atoms with E-state index in [0.29, 0.717) is 22.9 Å². The number of rotatable bonds is 3. The van der Waals surface area contributed by atoms with Crippen LogP contribution in [0.2, 0.25) is 5.02 Å². The molecule has 0 aromatic heterocycles. The second-order valence-corrected chi connectivity index (χ2v) is 6.73. The van der Waals surface area contributed by atoms with E-state index < -0.39 is 9.84 Å². The minimum atomic E-state index is -2.88. The predicted octanol–water partition coefficient (Wildman–Crippen LogP) is 1.95. The van der Waals surface area contributed by atoms with Gasteiger partial charge >= 0.3 is 0 Å². The number of hydrogen-bond donors (Lipinski definition) is 1. The van der Waals surface area contributed by atoms with E-state index in [4.69, 9.17) is 16.3 Å². The van der Waals surface area contributed by atoms with Crippen LogP contribution < -0.4 is 10.1 Å². The summed E-state index contributed by atoms with van der Waals surface area (Å²) >= 11 is 6.04. The molecule has 1 N–H and O–H groups in total. The van der Waals surface area contributed by atoms with Crippen LogP contribution in [-0.2, 0) is 9.84 Å².